The van der Waals surface area contributed by atoms with Gasteiger partial charge < -0.3 is 28.8 Å². The Morgan fingerprint density at radius 3 is 2.56 bits per heavy atom. The van der Waals surface area contributed by atoms with Crippen molar-refractivity contribution < 1.29 is 43.2 Å². The van der Waals surface area contributed by atoms with E-state index in [0.717, 1.165) is 24.2 Å². The Balaban J connectivity index is 1.68. The lowest BCUT2D eigenvalue weighted by molar-refractivity contribution is -0.132. The first-order valence-electron chi connectivity index (χ1n) is 13.9. The van der Waals surface area contributed by atoms with Crippen molar-refractivity contribution in [3.05, 3.63) is 63.7 Å². The van der Waals surface area contributed by atoms with Gasteiger partial charge in [0.2, 0.25) is 0 Å². The van der Waals surface area contributed by atoms with Gasteiger partial charge in [-0.25, -0.2) is 9.78 Å². The van der Waals surface area contributed by atoms with E-state index in [1.807, 2.05) is 6.92 Å². The maximum Gasteiger partial charge on any atom is 0.350 e. The van der Waals surface area contributed by atoms with E-state index in [2.05, 4.69) is 11.9 Å². The Morgan fingerprint density at radius 2 is 1.84 bits per heavy atom. The molecule has 2 aliphatic heterocycles. The third-order valence-corrected chi connectivity index (χ3v) is 8.10. The normalized spacial score (nSPS) is 17.2. The van der Waals surface area contributed by atoms with Crippen molar-refractivity contribution in [2.75, 3.05) is 38.4 Å². The number of fused-ring (bicyclic) bond motifs is 1. The molecule has 1 saturated heterocycles. The quantitative estimate of drug-likeness (QED) is 0.107. The summed E-state index contributed by atoms with van der Waals surface area (Å²) in [7, 11) is 1.25. The molecular formula is C31H32N2O9S. The van der Waals surface area contributed by atoms with E-state index >= 15 is 0 Å². The van der Waals surface area contributed by atoms with Crippen LogP contribution in [0.3, 0.4) is 0 Å². The van der Waals surface area contributed by atoms with Crippen molar-refractivity contribution in [3.8, 4) is 23.0 Å². The third kappa shape index (κ3) is 5.74. The molecule has 0 spiro atoms. The lowest BCUT2D eigenvalue weighted by atomic mass is 9.95. The van der Waals surface area contributed by atoms with Crippen LogP contribution >= 0.6 is 11.3 Å². The lowest BCUT2D eigenvalue weighted by Gasteiger charge is -2.24. The van der Waals surface area contributed by atoms with Crippen molar-refractivity contribution in [2.45, 2.75) is 39.7 Å². The number of rotatable bonds is 10. The van der Waals surface area contributed by atoms with Crippen LogP contribution in [-0.2, 0) is 14.3 Å². The number of nitrogens with zero attached hydrogens (tertiary/aromatic N) is 2. The molecule has 3 heterocycles. The minimum absolute atomic E-state index is 0.104. The molecule has 0 radical (unpaired) electrons. The van der Waals surface area contributed by atoms with Gasteiger partial charge in [0.25, 0.3) is 5.78 Å². The van der Waals surface area contributed by atoms with Gasteiger partial charge in [-0.2, -0.15) is 0 Å². The fourth-order valence-electron chi connectivity index (χ4n) is 4.87. The second-order valence-electron chi connectivity index (χ2n) is 9.77. The van der Waals surface area contributed by atoms with Crippen LogP contribution in [0.25, 0.3) is 5.76 Å². The molecular weight excluding hydrogens is 576 g/mol. The second-order valence-corrected chi connectivity index (χ2v) is 10.7. The number of carbonyl (C=O) groups excluding carboxylic acids is 3. The number of benzene rings is 2. The number of thiazole rings is 1. The number of carbonyl (C=O) groups is 3. The second kappa shape index (κ2) is 12.7. The van der Waals surface area contributed by atoms with Crippen LogP contribution in [0.1, 0.15) is 59.2 Å². The van der Waals surface area contributed by atoms with Gasteiger partial charge in [0, 0.05) is 5.56 Å². The van der Waals surface area contributed by atoms with Crippen molar-refractivity contribution in [3.63, 3.8) is 0 Å². The van der Waals surface area contributed by atoms with Gasteiger partial charge in [-0.1, -0.05) is 30.7 Å². The van der Waals surface area contributed by atoms with Gasteiger partial charge in [-0.05, 0) is 56.2 Å². The van der Waals surface area contributed by atoms with Crippen molar-refractivity contribution >= 4 is 39.9 Å². The topological polar surface area (TPSA) is 134 Å². The van der Waals surface area contributed by atoms with Crippen molar-refractivity contribution in [2.24, 2.45) is 0 Å². The van der Waals surface area contributed by atoms with Crippen LogP contribution in [0.2, 0.25) is 0 Å². The largest absolute Gasteiger partial charge is 0.507 e. The van der Waals surface area contributed by atoms with Gasteiger partial charge in [-0.15, -0.1) is 0 Å². The number of unbranched alkanes of at least 4 members (excludes halogenated alkanes) is 1. The number of amides is 1. The predicted molar refractivity (Wildman–Crippen MR) is 158 cm³/mol. The number of anilines is 1. The SMILES string of the molecule is CCCCOc1ccc([C@@H]2/C(=C(\O)c3ccc4c(c3)OCCO4)C(=O)C(=O)N2c2nc(C)c(C(=O)OC)s2)cc1OCC. The fourth-order valence-corrected chi connectivity index (χ4v) is 5.88. The summed E-state index contributed by atoms with van der Waals surface area (Å²) in [6.45, 7) is 7.08. The molecule has 0 unspecified atom stereocenters. The zero-order chi connectivity index (χ0) is 30.7. The first kappa shape index (κ1) is 29.9. The van der Waals surface area contributed by atoms with Gasteiger partial charge in [0.15, 0.2) is 28.1 Å². The van der Waals surface area contributed by atoms with Crippen LogP contribution in [0, 0.1) is 6.92 Å². The van der Waals surface area contributed by atoms with Crippen LogP contribution < -0.4 is 23.8 Å². The maximum absolute atomic E-state index is 13.7. The van der Waals surface area contributed by atoms with Gasteiger partial charge >= 0.3 is 11.9 Å². The van der Waals surface area contributed by atoms with E-state index in [4.69, 9.17) is 23.7 Å². The van der Waals surface area contributed by atoms with Gasteiger partial charge in [0.1, 0.15) is 23.9 Å². The summed E-state index contributed by atoms with van der Waals surface area (Å²) in [5.74, 6) is -0.975. The minimum Gasteiger partial charge on any atom is -0.507 e. The highest BCUT2D eigenvalue weighted by molar-refractivity contribution is 7.17. The molecule has 5 rings (SSSR count). The number of aromatic nitrogens is 1. The van der Waals surface area contributed by atoms with Gasteiger partial charge in [0.05, 0.1) is 37.6 Å². The number of ether oxygens (including phenoxy) is 5. The molecule has 12 heteroatoms. The zero-order valence-electron chi connectivity index (χ0n) is 24.3. The minimum atomic E-state index is -1.10. The summed E-state index contributed by atoms with van der Waals surface area (Å²) in [4.78, 5) is 45.5. The summed E-state index contributed by atoms with van der Waals surface area (Å²) in [6, 6.07) is 8.80. The van der Waals surface area contributed by atoms with E-state index < -0.39 is 29.5 Å². The molecule has 1 aromatic heterocycles. The molecule has 43 heavy (non-hydrogen) atoms. The average molecular weight is 609 g/mol. The zero-order valence-corrected chi connectivity index (χ0v) is 25.1. The molecule has 226 valence electrons. The predicted octanol–water partition coefficient (Wildman–Crippen LogP) is 5.21. The molecule has 2 aromatic carbocycles. The standard InChI is InChI=1S/C31H32N2O9S/c1-5-7-12-40-20-10-8-18(15-22(20)39-6-2)25-24(26(34)19-9-11-21-23(16-19)42-14-13-41-21)27(35)29(36)33(25)31-32-17(3)28(43-31)30(37)38-4/h8-11,15-16,25,34H,5-7,12-14H2,1-4H3/b26-24+/t25-/m1/s1. The van der Waals surface area contributed by atoms with Gasteiger partial charge in [-0.3, -0.25) is 14.5 Å². The number of aliphatic hydroxyl groups is 1. The van der Waals surface area contributed by atoms with E-state index in [-0.39, 0.29) is 21.1 Å². The first-order chi connectivity index (χ1) is 20.8. The molecule has 0 saturated carbocycles. The molecule has 3 aromatic rings. The average Bonchev–Trinajstić information content (AvgIpc) is 3.53. The molecule has 0 aliphatic carbocycles. The number of aryl methyl sites for hydroxylation is 1. The molecule has 1 atom stereocenters. The van der Waals surface area contributed by atoms with Crippen molar-refractivity contribution in [1.29, 1.82) is 0 Å². The number of hydrogen-bond donors (Lipinski definition) is 1. The first-order valence-corrected chi connectivity index (χ1v) is 14.8. The Labute approximate surface area is 252 Å². The Hall–Kier alpha value is -4.58. The highest BCUT2D eigenvalue weighted by Gasteiger charge is 2.48. The highest BCUT2D eigenvalue weighted by Crippen LogP contribution is 2.46. The summed E-state index contributed by atoms with van der Waals surface area (Å²) in [5.41, 5.74) is 0.921. The van der Waals surface area contributed by atoms with E-state index in [1.165, 1.54) is 12.0 Å². The number of hydrogen-bond acceptors (Lipinski definition) is 11. The number of ketones is 1. The fraction of sp³-hybridized carbons (Fsp3) is 0.355. The van der Waals surface area contributed by atoms with Crippen LogP contribution in [0.15, 0.2) is 42.0 Å². The van der Waals surface area contributed by atoms with Crippen LogP contribution in [-0.4, -0.2) is 61.3 Å². The summed E-state index contributed by atoms with van der Waals surface area (Å²) in [5, 5.41) is 11.7. The van der Waals surface area contributed by atoms with Crippen molar-refractivity contribution in [1.82, 2.24) is 4.98 Å². The van der Waals surface area contributed by atoms with E-state index in [9.17, 15) is 19.5 Å². The highest BCUT2D eigenvalue weighted by atomic mass is 32.1. The monoisotopic (exact) mass is 608 g/mol. The van der Waals surface area contributed by atoms with Crippen LogP contribution in [0.4, 0.5) is 5.13 Å². The van der Waals surface area contributed by atoms with Crippen LogP contribution in [0.5, 0.6) is 23.0 Å². The molecule has 2 aliphatic rings. The van der Waals surface area contributed by atoms with E-state index in [1.54, 1.807) is 43.3 Å². The lowest BCUT2D eigenvalue weighted by Crippen LogP contribution is -2.29. The number of methoxy groups -OCH3 is 1. The molecule has 1 N–H and O–H groups in total. The smallest absolute Gasteiger partial charge is 0.350 e. The summed E-state index contributed by atoms with van der Waals surface area (Å²) in [6.07, 6.45) is 1.81. The molecule has 1 fully saturated rings. The molecule has 0 bridgehead atoms. The maximum atomic E-state index is 13.7. The summed E-state index contributed by atoms with van der Waals surface area (Å²) >= 11 is 0.924. The number of Topliss-reactive ketones (excluding diaryl/α,β-unsaturated/α-hetero) is 1. The summed E-state index contributed by atoms with van der Waals surface area (Å²) < 4.78 is 27.9. The number of aliphatic hydroxyl groups excluding tert-OH is 1. The molecule has 1 amide bonds. The molecule has 11 nitrogen and oxygen atoms in total. The van der Waals surface area contributed by atoms with E-state index in [0.29, 0.717) is 60.7 Å². The number of esters is 1. The third-order valence-electron chi connectivity index (χ3n) is 6.96. The Bertz CT molecular complexity index is 1600. The Morgan fingerprint density at radius 1 is 1.07 bits per heavy atom. The Kier molecular flexibility index (Phi) is 8.86.